The van der Waals surface area contributed by atoms with Crippen LogP contribution in [0.15, 0.2) is 12.1 Å². The standard InChI is InChI=1S/C11H13BF2O3/c1-11(2,3)10(15)9-7(13)4-6(12(16)17)5-8(9)14/h4-5,16-17H,1-3H3. The molecular formula is C11H13BF2O3. The van der Waals surface area contributed by atoms with Crippen molar-refractivity contribution in [2.45, 2.75) is 20.8 Å². The van der Waals surface area contributed by atoms with E-state index in [0.29, 0.717) is 0 Å². The van der Waals surface area contributed by atoms with E-state index in [1.54, 1.807) is 20.8 Å². The summed E-state index contributed by atoms with van der Waals surface area (Å²) < 4.78 is 27.1. The predicted molar refractivity (Wildman–Crippen MR) is 60.0 cm³/mol. The number of carbonyl (C=O) groups excluding carboxylic acids is 1. The van der Waals surface area contributed by atoms with Gasteiger partial charge in [0, 0.05) is 5.41 Å². The van der Waals surface area contributed by atoms with Crippen LogP contribution in [-0.4, -0.2) is 22.9 Å². The molecule has 0 fully saturated rings. The Bertz CT molecular complexity index is 430. The zero-order valence-electron chi connectivity index (χ0n) is 9.79. The molecule has 0 heterocycles. The Hall–Kier alpha value is -1.27. The third-order valence-corrected chi connectivity index (χ3v) is 2.27. The fraction of sp³-hybridized carbons (Fsp3) is 0.364. The Morgan fingerprint density at radius 1 is 1.18 bits per heavy atom. The number of Topliss-reactive ketones (excluding diaryl/α,β-unsaturated/α-hetero) is 1. The largest absolute Gasteiger partial charge is 0.488 e. The van der Waals surface area contributed by atoms with Gasteiger partial charge in [-0.3, -0.25) is 4.79 Å². The lowest BCUT2D eigenvalue weighted by molar-refractivity contribution is 0.0849. The number of benzene rings is 1. The Labute approximate surface area is 98.2 Å². The molecule has 0 bridgehead atoms. The van der Waals surface area contributed by atoms with Gasteiger partial charge in [0.1, 0.15) is 11.6 Å². The maximum atomic E-state index is 13.6. The van der Waals surface area contributed by atoms with Gasteiger partial charge >= 0.3 is 7.12 Å². The predicted octanol–water partition coefficient (Wildman–Crippen LogP) is 0.873. The lowest BCUT2D eigenvalue weighted by Gasteiger charge is -2.18. The van der Waals surface area contributed by atoms with Crippen LogP contribution in [0, 0.1) is 17.0 Å². The van der Waals surface area contributed by atoms with Crippen LogP contribution in [0.4, 0.5) is 8.78 Å². The van der Waals surface area contributed by atoms with Crippen LogP contribution in [0.2, 0.25) is 0 Å². The first-order chi connectivity index (χ1) is 7.64. The topological polar surface area (TPSA) is 57.5 Å². The third kappa shape index (κ3) is 2.89. The van der Waals surface area contributed by atoms with Crippen molar-refractivity contribution < 1.29 is 23.6 Å². The van der Waals surface area contributed by atoms with Crippen molar-refractivity contribution in [3.8, 4) is 0 Å². The van der Waals surface area contributed by atoms with Crippen molar-refractivity contribution in [3.05, 3.63) is 29.3 Å². The lowest BCUT2D eigenvalue weighted by Crippen LogP contribution is -2.32. The summed E-state index contributed by atoms with van der Waals surface area (Å²) in [7, 11) is -1.97. The maximum Gasteiger partial charge on any atom is 0.488 e. The Kier molecular flexibility index (Phi) is 3.69. The number of hydrogen-bond donors (Lipinski definition) is 2. The fourth-order valence-electron chi connectivity index (χ4n) is 1.33. The molecule has 0 saturated carbocycles. The lowest BCUT2D eigenvalue weighted by atomic mass is 9.78. The van der Waals surface area contributed by atoms with E-state index in [0.717, 1.165) is 12.1 Å². The first-order valence-corrected chi connectivity index (χ1v) is 5.04. The molecule has 0 atom stereocenters. The Morgan fingerprint density at radius 3 is 1.88 bits per heavy atom. The number of rotatable bonds is 2. The van der Waals surface area contributed by atoms with Gasteiger partial charge in [0.15, 0.2) is 5.78 Å². The molecule has 0 unspecified atom stereocenters. The van der Waals surface area contributed by atoms with Crippen molar-refractivity contribution in [1.82, 2.24) is 0 Å². The second-order valence-electron chi connectivity index (χ2n) is 4.81. The van der Waals surface area contributed by atoms with Gasteiger partial charge in [-0.1, -0.05) is 20.8 Å². The molecule has 0 aromatic heterocycles. The number of halogens is 2. The molecule has 6 heteroatoms. The van der Waals surface area contributed by atoms with Gasteiger partial charge in [0.2, 0.25) is 0 Å². The monoisotopic (exact) mass is 242 g/mol. The van der Waals surface area contributed by atoms with E-state index in [2.05, 4.69) is 0 Å². The highest BCUT2D eigenvalue weighted by molar-refractivity contribution is 6.58. The smallest absolute Gasteiger partial charge is 0.423 e. The number of ketones is 1. The van der Waals surface area contributed by atoms with E-state index < -0.39 is 35.5 Å². The summed E-state index contributed by atoms with van der Waals surface area (Å²) in [4.78, 5) is 11.8. The molecule has 3 nitrogen and oxygen atoms in total. The minimum atomic E-state index is -1.97. The normalized spacial score (nSPS) is 11.5. The first kappa shape index (κ1) is 13.8. The molecular weight excluding hydrogens is 229 g/mol. The van der Waals surface area contributed by atoms with Crippen LogP contribution in [0.25, 0.3) is 0 Å². The third-order valence-electron chi connectivity index (χ3n) is 2.27. The van der Waals surface area contributed by atoms with E-state index in [9.17, 15) is 13.6 Å². The van der Waals surface area contributed by atoms with Crippen LogP contribution in [-0.2, 0) is 0 Å². The highest BCUT2D eigenvalue weighted by atomic mass is 19.1. The fourth-order valence-corrected chi connectivity index (χ4v) is 1.33. The van der Waals surface area contributed by atoms with Crippen molar-refractivity contribution >= 4 is 18.4 Å². The Balaban J connectivity index is 3.33. The van der Waals surface area contributed by atoms with Crippen molar-refractivity contribution in [2.75, 3.05) is 0 Å². The van der Waals surface area contributed by atoms with Crippen molar-refractivity contribution in [2.24, 2.45) is 5.41 Å². The molecule has 1 aromatic carbocycles. The highest BCUT2D eigenvalue weighted by Gasteiger charge is 2.29. The number of hydrogen-bond acceptors (Lipinski definition) is 3. The van der Waals surface area contributed by atoms with E-state index in [1.165, 1.54) is 0 Å². The van der Waals surface area contributed by atoms with Crippen LogP contribution >= 0.6 is 0 Å². The summed E-state index contributed by atoms with van der Waals surface area (Å²) in [6, 6.07) is 1.49. The van der Waals surface area contributed by atoms with Crippen LogP contribution in [0.1, 0.15) is 31.1 Å². The molecule has 0 radical (unpaired) electrons. The van der Waals surface area contributed by atoms with Gasteiger partial charge in [0.25, 0.3) is 0 Å². The molecule has 17 heavy (non-hydrogen) atoms. The zero-order chi connectivity index (χ0) is 13.4. The maximum absolute atomic E-state index is 13.6. The minimum Gasteiger partial charge on any atom is -0.423 e. The Morgan fingerprint density at radius 2 is 1.59 bits per heavy atom. The van der Waals surface area contributed by atoms with Crippen molar-refractivity contribution in [1.29, 1.82) is 0 Å². The SMILES string of the molecule is CC(C)(C)C(=O)c1c(F)cc(B(O)O)cc1F. The molecule has 0 amide bonds. The summed E-state index contributed by atoms with van der Waals surface area (Å²) >= 11 is 0. The molecule has 0 saturated heterocycles. The van der Waals surface area contributed by atoms with Crippen LogP contribution in [0.3, 0.4) is 0 Å². The molecule has 1 rings (SSSR count). The summed E-state index contributed by atoms with van der Waals surface area (Å²) in [6.45, 7) is 4.63. The molecule has 0 aliphatic carbocycles. The summed E-state index contributed by atoms with van der Waals surface area (Å²) in [5.74, 6) is -2.85. The second kappa shape index (κ2) is 4.54. The van der Waals surface area contributed by atoms with Crippen LogP contribution in [0.5, 0.6) is 0 Å². The van der Waals surface area contributed by atoms with Gasteiger partial charge in [-0.05, 0) is 17.6 Å². The molecule has 0 aliphatic heterocycles. The van der Waals surface area contributed by atoms with E-state index in [1.807, 2.05) is 0 Å². The number of carbonyl (C=O) groups is 1. The van der Waals surface area contributed by atoms with Gasteiger partial charge in [-0.15, -0.1) is 0 Å². The molecule has 92 valence electrons. The molecule has 0 spiro atoms. The van der Waals surface area contributed by atoms with E-state index in [-0.39, 0.29) is 5.46 Å². The van der Waals surface area contributed by atoms with Crippen molar-refractivity contribution in [3.63, 3.8) is 0 Å². The average Bonchev–Trinajstić information content (AvgIpc) is 2.14. The summed E-state index contributed by atoms with van der Waals surface area (Å²) in [5.41, 5.74) is -1.89. The molecule has 1 aromatic rings. The summed E-state index contributed by atoms with van der Waals surface area (Å²) in [5, 5.41) is 17.6. The van der Waals surface area contributed by atoms with Gasteiger partial charge in [-0.2, -0.15) is 0 Å². The highest BCUT2D eigenvalue weighted by Crippen LogP contribution is 2.24. The zero-order valence-corrected chi connectivity index (χ0v) is 9.79. The van der Waals surface area contributed by atoms with Gasteiger partial charge in [-0.25, -0.2) is 8.78 Å². The van der Waals surface area contributed by atoms with Gasteiger partial charge in [0.05, 0.1) is 5.56 Å². The summed E-state index contributed by atoms with van der Waals surface area (Å²) in [6.07, 6.45) is 0. The van der Waals surface area contributed by atoms with E-state index in [4.69, 9.17) is 10.0 Å². The molecule has 2 N–H and O–H groups in total. The van der Waals surface area contributed by atoms with Crippen LogP contribution < -0.4 is 5.46 Å². The second-order valence-corrected chi connectivity index (χ2v) is 4.81. The molecule has 0 aliphatic rings. The minimum absolute atomic E-state index is 0.328. The average molecular weight is 242 g/mol. The van der Waals surface area contributed by atoms with E-state index >= 15 is 0 Å². The quantitative estimate of drug-likeness (QED) is 0.597. The first-order valence-electron chi connectivity index (χ1n) is 5.04. The van der Waals surface area contributed by atoms with Gasteiger partial charge < -0.3 is 10.0 Å².